The zero-order chi connectivity index (χ0) is 14.0. The van der Waals surface area contributed by atoms with Crippen molar-refractivity contribution in [2.45, 2.75) is 44.6 Å². The van der Waals surface area contributed by atoms with E-state index in [4.69, 9.17) is 0 Å². The quantitative estimate of drug-likeness (QED) is 0.810. The second-order valence-electron chi connectivity index (χ2n) is 6.06. The number of fused-ring (bicyclic) bond motifs is 1. The molecule has 20 heavy (non-hydrogen) atoms. The highest BCUT2D eigenvalue weighted by molar-refractivity contribution is 5.36. The lowest BCUT2D eigenvalue weighted by molar-refractivity contribution is 0.0272. The molecule has 0 fully saturated rings. The minimum atomic E-state index is -0.707. The first kappa shape index (κ1) is 13.4. The molecule has 0 amide bonds. The first-order chi connectivity index (χ1) is 9.67. The van der Waals surface area contributed by atoms with Gasteiger partial charge in [-0.15, -0.1) is 0 Å². The van der Waals surface area contributed by atoms with E-state index in [9.17, 15) is 5.11 Å². The molecule has 1 nitrogen and oxygen atoms in total. The molecule has 0 bridgehead atoms. The van der Waals surface area contributed by atoms with Crippen LogP contribution in [0.15, 0.2) is 48.5 Å². The molecule has 1 aliphatic rings. The van der Waals surface area contributed by atoms with E-state index < -0.39 is 5.60 Å². The van der Waals surface area contributed by atoms with Gasteiger partial charge in [0.25, 0.3) is 0 Å². The molecule has 0 aromatic heterocycles. The van der Waals surface area contributed by atoms with Crippen LogP contribution in [0.25, 0.3) is 0 Å². The second-order valence-corrected chi connectivity index (χ2v) is 6.06. The van der Waals surface area contributed by atoms with Gasteiger partial charge in [-0.2, -0.15) is 0 Å². The van der Waals surface area contributed by atoms with E-state index in [-0.39, 0.29) is 0 Å². The Morgan fingerprint density at radius 3 is 2.75 bits per heavy atom. The van der Waals surface area contributed by atoms with Crippen molar-refractivity contribution in [1.29, 1.82) is 0 Å². The van der Waals surface area contributed by atoms with E-state index in [2.05, 4.69) is 49.4 Å². The number of rotatable bonds is 2. The van der Waals surface area contributed by atoms with Crippen LogP contribution >= 0.6 is 0 Å². The minimum absolute atomic E-state index is 0.707. The molecule has 0 spiro atoms. The maximum atomic E-state index is 11.2. The van der Waals surface area contributed by atoms with Crippen LogP contribution in [0.1, 0.15) is 41.5 Å². The van der Waals surface area contributed by atoms with Crippen molar-refractivity contribution in [3.05, 3.63) is 70.8 Å². The molecule has 2 aromatic rings. The largest absolute Gasteiger partial charge is 0.385 e. The van der Waals surface area contributed by atoms with Crippen molar-refractivity contribution in [2.75, 3.05) is 0 Å². The number of hydrogen-bond donors (Lipinski definition) is 1. The summed E-state index contributed by atoms with van der Waals surface area (Å²) in [4.78, 5) is 0. The summed E-state index contributed by atoms with van der Waals surface area (Å²) in [6.45, 7) is 2.11. The van der Waals surface area contributed by atoms with E-state index in [1.54, 1.807) is 0 Å². The van der Waals surface area contributed by atoms with Gasteiger partial charge >= 0.3 is 0 Å². The van der Waals surface area contributed by atoms with Crippen LogP contribution < -0.4 is 0 Å². The van der Waals surface area contributed by atoms with Gasteiger partial charge in [-0.05, 0) is 49.3 Å². The summed E-state index contributed by atoms with van der Waals surface area (Å²) in [5.41, 5.74) is 4.23. The fourth-order valence-electron chi connectivity index (χ4n) is 3.40. The van der Waals surface area contributed by atoms with Crippen LogP contribution in [0.5, 0.6) is 0 Å². The van der Waals surface area contributed by atoms with E-state index >= 15 is 0 Å². The Labute approximate surface area is 121 Å². The van der Waals surface area contributed by atoms with Crippen molar-refractivity contribution < 1.29 is 5.11 Å². The molecule has 0 radical (unpaired) electrons. The van der Waals surface area contributed by atoms with Gasteiger partial charge in [0, 0.05) is 6.42 Å². The third-order valence-electron chi connectivity index (χ3n) is 4.38. The molecule has 104 valence electrons. The maximum absolute atomic E-state index is 11.2. The standard InChI is InChI=1S/C19H22O/c1-15-7-6-8-16(13-15)14-19(20)12-5-4-10-17-9-2-3-11-18(17)19/h2-3,6-9,11,13,20H,4-5,10,12,14H2,1H3. The zero-order valence-electron chi connectivity index (χ0n) is 12.1. The summed E-state index contributed by atoms with van der Waals surface area (Å²) in [5.74, 6) is 0. The van der Waals surface area contributed by atoms with Crippen molar-refractivity contribution in [2.24, 2.45) is 0 Å². The number of aryl methyl sites for hydroxylation is 2. The zero-order valence-corrected chi connectivity index (χ0v) is 12.1. The molecule has 3 rings (SSSR count). The van der Waals surface area contributed by atoms with Gasteiger partial charge in [-0.3, -0.25) is 0 Å². The van der Waals surface area contributed by atoms with Crippen LogP contribution in [0, 0.1) is 6.92 Å². The molecule has 0 saturated carbocycles. The molecule has 0 heterocycles. The summed E-state index contributed by atoms with van der Waals surface area (Å²) in [5, 5.41) is 11.2. The Morgan fingerprint density at radius 2 is 1.90 bits per heavy atom. The van der Waals surface area contributed by atoms with Gasteiger partial charge in [0.05, 0.1) is 5.60 Å². The first-order valence-electron chi connectivity index (χ1n) is 7.54. The Kier molecular flexibility index (Phi) is 3.62. The number of benzene rings is 2. The molecular formula is C19H22O. The van der Waals surface area contributed by atoms with Gasteiger partial charge < -0.3 is 5.11 Å². The van der Waals surface area contributed by atoms with Gasteiger partial charge in [0.15, 0.2) is 0 Å². The van der Waals surface area contributed by atoms with Crippen molar-refractivity contribution in [3.63, 3.8) is 0 Å². The second kappa shape index (κ2) is 5.41. The van der Waals surface area contributed by atoms with Crippen LogP contribution in [-0.2, 0) is 18.4 Å². The highest BCUT2D eigenvalue weighted by Crippen LogP contribution is 2.36. The lowest BCUT2D eigenvalue weighted by Gasteiger charge is -2.29. The summed E-state index contributed by atoms with van der Waals surface area (Å²) in [6, 6.07) is 16.9. The highest BCUT2D eigenvalue weighted by atomic mass is 16.3. The summed E-state index contributed by atoms with van der Waals surface area (Å²) in [7, 11) is 0. The lowest BCUT2D eigenvalue weighted by atomic mass is 9.82. The lowest BCUT2D eigenvalue weighted by Crippen LogP contribution is -2.28. The van der Waals surface area contributed by atoms with E-state index in [1.807, 2.05) is 6.07 Å². The van der Waals surface area contributed by atoms with Crippen LogP contribution in [0.3, 0.4) is 0 Å². The third-order valence-corrected chi connectivity index (χ3v) is 4.38. The van der Waals surface area contributed by atoms with Gasteiger partial charge in [0.2, 0.25) is 0 Å². The highest BCUT2D eigenvalue weighted by Gasteiger charge is 2.32. The van der Waals surface area contributed by atoms with Crippen molar-refractivity contribution in [1.82, 2.24) is 0 Å². The SMILES string of the molecule is Cc1cccc(CC2(O)CCCCc3ccccc32)c1. The molecule has 0 aliphatic heterocycles. The minimum Gasteiger partial charge on any atom is -0.385 e. The third kappa shape index (κ3) is 2.64. The fourth-order valence-corrected chi connectivity index (χ4v) is 3.40. The van der Waals surface area contributed by atoms with E-state index in [1.165, 1.54) is 23.1 Å². The van der Waals surface area contributed by atoms with Crippen LogP contribution in [0.2, 0.25) is 0 Å². The topological polar surface area (TPSA) is 20.2 Å². The Hall–Kier alpha value is -1.60. The molecule has 1 heteroatoms. The first-order valence-corrected chi connectivity index (χ1v) is 7.54. The number of aliphatic hydroxyl groups is 1. The Balaban J connectivity index is 1.98. The smallest absolute Gasteiger partial charge is 0.0939 e. The predicted molar refractivity (Wildman–Crippen MR) is 82.8 cm³/mol. The molecular weight excluding hydrogens is 244 g/mol. The normalized spacial score (nSPS) is 22.1. The fraction of sp³-hybridized carbons (Fsp3) is 0.368. The maximum Gasteiger partial charge on any atom is 0.0939 e. The van der Waals surface area contributed by atoms with E-state index in [0.717, 1.165) is 24.8 Å². The average Bonchev–Trinajstić information content (AvgIpc) is 2.59. The Morgan fingerprint density at radius 1 is 1.05 bits per heavy atom. The van der Waals surface area contributed by atoms with E-state index in [0.29, 0.717) is 6.42 Å². The molecule has 1 atom stereocenters. The summed E-state index contributed by atoms with van der Waals surface area (Å²) in [6.07, 6.45) is 4.93. The van der Waals surface area contributed by atoms with Gasteiger partial charge in [0.1, 0.15) is 0 Å². The average molecular weight is 266 g/mol. The van der Waals surface area contributed by atoms with Crippen molar-refractivity contribution in [3.8, 4) is 0 Å². The van der Waals surface area contributed by atoms with Gasteiger partial charge in [-0.25, -0.2) is 0 Å². The molecule has 1 N–H and O–H groups in total. The van der Waals surface area contributed by atoms with Gasteiger partial charge in [-0.1, -0.05) is 54.1 Å². The monoisotopic (exact) mass is 266 g/mol. The molecule has 2 aromatic carbocycles. The molecule has 1 unspecified atom stereocenters. The molecule has 0 saturated heterocycles. The molecule has 1 aliphatic carbocycles. The Bertz CT molecular complexity index is 602. The summed E-state index contributed by atoms with van der Waals surface area (Å²) < 4.78 is 0. The van der Waals surface area contributed by atoms with Crippen molar-refractivity contribution >= 4 is 0 Å². The summed E-state index contributed by atoms with van der Waals surface area (Å²) >= 11 is 0. The number of hydrogen-bond acceptors (Lipinski definition) is 1. The van der Waals surface area contributed by atoms with Crippen LogP contribution in [-0.4, -0.2) is 5.11 Å². The predicted octanol–water partition coefficient (Wildman–Crippen LogP) is 4.15. The van der Waals surface area contributed by atoms with Crippen LogP contribution in [0.4, 0.5) is 0 Å².